The van der Waals surface area contributed by atoms with Gasteiger partial charge in [0.05, 0.1) is 22.5 Å². The monoisotopic (exact) mass is 452 g/mol. The van der Waals surface area contributed by atoms with E-state index in [9.17, 15) is 18.0 Å². The molecule has 2 aromatic heterocycles. The van der Waals surface area contributed by atoms with Crippen molar-refractivity contribution in [2.45, 2.75) is 26.6 Å². The first-order valence-corrected chi connectivity index (χ1v) is 9.07. The van der Waals surface area contributed by atoms with E-state index in [1.54, 1.807) is 32.0 Å². The molecule has 0 fully saturated rings. The first kappa shape index (κ1) is 20.1. The molecule has 28 heavy (non-hydrogen) atoms. The number of aromatic nitrogens is 3. The quantitative estimate of drug-likeness (QED) is 0.629. The number of hydrogen-bond donors (Lipinski definition) is 1. The number of halogens is 4. The van der Waals surface area contributed by atoms with Crippen LogP contribution in [0.2, 0.25) is 0 Å². The minimum atomic E-state index is -4.57. The maximum Gasteiger partial charge on any atom is 0.416 e. The smallest absolute Gasteiger partial charge is 0.348 e. The van der Waals surface area contributed by atoms with Crippen LogP contribution in [0.25, 0.3) is 5.69 Å². The maximum atomic E-state index is 13.6. The summed E-state index contributed by atoms with van der Waals surface area (Å²) in [5.41, 5.74) is 1.16. The Hall–Kier alpha value is -2.68. The molecular formula is C19H16BrF3N4O. The normalized spacial score (nSPS) is 11.5. The second-order valence-electron chi connectivity index (χ2n) is 6.25. The van der Waals surface area contributed by atoms with Crippen LogP contribution in [-0.2, 0) is 12.7 Å². The molecule has 0 saturated heterocycles. The second kappa shape index (κ2) is 7.75. The number of carbonyl (C=O) groups is 1. The third-order valence-corrected chi connectivity index (χ3v) is 4.49. The fourth-order valence-corrected chi connectivity index (χ4v) is 3.18. The van der Waals surface area contributed by atoms with Crippen LogP contribution in [-0.4, -0.2) is 20.7 Å². The van der Waals surface area contributed by atoms with Crippen LogP contribution >= 0.6 is 15.9 Å². The Bertz CT molecular complexity index is 1030. The fraction of sp³-hybridized carbons (Fsp3) is 0.211. The minimum absolute atomic E-state index is 0.0333. The lowest BCUT2D eigenvalue weighted by Crippen LogP contribution is -2.25. The molecule has 0 aliphatic carbocycles. The zero-order valence-electron chi connectivity index (χ0n) is 15.0. The lowest BCUT2D eigenvalue weighted by atomic mass is 10.1. The highest BCUT2D eigenvalue weighted by molar-refractivity contribution is 9.10. The average Bonchev–Trinajstić information content (AvgIpc) is 2.97. The number of hydrogen-bond acceptors (Lipinski definition) is 3. The molecule has 9 heteroatoms. The number of carbonyl (C=O) groups excluding carboxylic acids is 1. The van der Waals surface area contributed by atoms with Crippen molar-refractivity contribution in [3.05, 3.63) is 75.3 Å². The largest absolute Gasteiger partial charge is 0.416 e. The van der Waals surface area contributed by atoms with Gasteiger partial charge in [0, 0.05) is 29.1 Å². The van der Waals surface area contributed by atoms with Crippen LogP contribution in [0.4, 0.5) is 13.2 Å². The summed E-state index contributed by atoms with van der Waals surface area (Å²) < 4.78 is 42.8. The van der Waals surface area contributed by atoms with Crippen molar-refractivity contribution in [1.82, 2.24) is 20.1 Å². The van der Waals surface area contributed by atoms with Crippen LogP contribution in [0, 0.1) is 13.8 Å². The predicted molar refractivity (Wildman–Crippen MR) is 101 cm³/mol. The molecule has 1 N–H and O–H groups in total. The molecule has 146 valence electrons. The standard InChI is InChI=1S/C19H16BrF3N4O/c1-11-5-12(2)27(26-11)16-4-3-13(17(7-16)19(21,22)23)9-25-18(28)14-6-15(20)10-24-8-14/h3-8,10H,9H2,1-2H3,(H,25,28). The van der Waals surface area contributed by atoms with Crippen LogP contribution in [0.15, 0.2) is 47.2 Å². The summed E-state index contributed by atoms with van der Waals surface area (Å²) >= 11 is 3.20. The molecule has 0 saturated carbocycles. The van der Waals surface area contributed by atoms with Gasteiger partial charge in [-0.25, -0.2) is 4.68 Å². The van der Waals surface area contributed by atoms with E-state index in [0.29, 0.717) is 15.9 Å². The number of alkyl halides is 3. The summed E-state index contributed by atoms with van der Waals surface area (Å²) in [4.78, 5) is 16.1. The Morgan fingerprint density at radius 1 is 1.18 bits per heavy atom. The first-order valence-electron chi connectivity index (χ1n) is 8.27. The van der Waals surface area contributed by atoms with Crippen molar-refractivity contribution in [2.24, 2.45) is 0 Å². The van der Waals surface area contributed by atoms with Gasteiger partial charge in [0.15, 0.2) is 0 Å². The zero-order valence-corrected chi connectivity index (χ0v) is 16.6. The van der Waals surface area contributed by atoms with E-state index in [4.69, 9.17) is 0 Å². The Morgan fingerprint density at radius 2 is 1.93 bits per heavy atom. The van der Waals surface area contributed by atoms with E-state index in [2.05, 4.69) is 31.3 Å². The molecule has 1 amide bonds. The van der Waals surface area contributed by atoms with Crippen LogP contribution in [0.1, 0.15) is 32.9 Å². The van der Waals surface area contributed by atoms with Gasteiger partial charge in [-0.05, 0) is 59.6 Å². The lowest BCUT2D eigenvalue weighted by Gasteiger charge is -2.16. The summed E-state index contributed by atoms with van der Waals surface area (Å²) in [6, 6.07) is 7.28. The topological polar surface area (TPSA) is 59.8 Å². The number of amides is 1. The van der Waals surface area contributed by atoms with Crippen molar-refractivity contribution in [3.8, 4) is 5.69 Å². The van der Waals surface area contributed by atoms with E-state index < -0.39 is 17.6 Å². The fourth-order valence-electron chi connectivity index (χ4n) is 2.82. The molecule has 0 bridgehead atoms. The molecule has 0 radical (unpaired) electrons. The average molecular weight is 453 g/mol. The molecule has 2 heterocycles. The first-order chi connectivity index (χ1) is 13.1. The van der Waals surface area contributed by atoms with Crippen molar-refractivity contribution < 1.29 is 18.0 Å². The van der Waals surface area contributed by atoms with E-state index in [1.807, 2.05) is 0 Å². The van der Waals surface area contributed by atoms with E-state index in [1.165, 1.54) is 23.1 Å². The van der Waals surface area contributed by atoms with Gasteiger partial charge in [-0.3, -0.25) is 9.78 Å². The summed E-state index contributed by atoms with van der Waals surface area (Å²) in [6.07, 6.45) is -1.71. The Morgan fingerprint density at radius 3 is 2.54 bits per heavy atom. The molecule has 0 aliphatic rings. The van der Waals surface area contributed by atoms with Crippen molar-refractivity contribution >= 4 is 21.8 Å². The minimum Gasteiger partial charge on any atom is -0.348 e. The van der Waals surface area contributed by atoms with E-state index in [0.717, 1.165) is 11.8 Å². The van der Waals surface area contributed by atoms with Gasteiger partial charge in [-0.15, -0.1) is 0 Å². The number of aryl methyl sites for hydroxylation is 2. The highest BCUT2D eigenvalue weighted by atomic mass is 79.9. The van der Waals surface area contributed by atoms with E-state index in [-0.39, 0.29) is 17.7 Å². The van der Waals surface area contributed by atoms with Crippen molar-refractivity contribution in [3.63, 3.8) is 0 Å². The molecule has 0 spiro atoms. The number of benzene rings is 1. The van der Waals surface area contributed by atoms with Gasteiger partial charge in [-0.1, -0.05) is 6.07 Å². The number of rotatable bonds is 4. The van der Waals surface area contributed by atoms with Crippen LogP contribution < -0.4 is 5.32 Å². The van der Waals surface area contributed by atoms with Crippen LogP contribution in [0.3, 0.4) is 0 Å². The molecule has 3 aromatic rings. The highest BCUT2D eigenvalue weighted by Gasteiger charge is 2.34. The molecular weight excluding hydrogens is 437 g/mol. The molecule has 0 atom stereocenters. The summed E-state index contributed by atoms with van der Waals surface area (Å²) in [5, 5.41) is 6.73. The molecule has 0 aliphatic heterocycles. The van der Waals surface area contributed by atoms with Gasteiger partial charge >= 0.3 is 6.18 Å². The third kappa shape index (κ3) is 4.41. The summed E-state index contributed by atoms with van der Waals surface area (Å²) in [6.45, 7) is 3.28. The van der Waals surface area contributed by atoms with Crippen LogP contribution in [0.5, 0.6) is 0 Å². The zero-order chi connectivity index (χ0) is 20.5. The van der Waals surface area contributed by atoms with Crippen molar-refractivity contribution in [2.75, 3.05) is 0 Å². The van der Waals surface area contributed by atoms with Gasteiger partial charge in [0.1, 0.15) is 0 Å². The Kier molecular flexibility index (Phi) is 5.55. The summed E-state index contributed by atoms with van der Waals surface area (Å²) in [7, 11) is 0. The summed E-state index contributed by atoms with van der Waals surface area (Å²) in [5.74, 6) is -0.510. The van der Waals surface area contributed by atoms with Gasteiger partial charge in [-0.2, -0.15) is 18.3 Å². The molecule has 3 rings (SSSR count). The van der Waals surface area contributed by atoms with Gasteiger partial charge < -0.3 is 5.32 Å². The highest BCUT2D eigenvalue weighted by Crippen LogP contribution is 2.33. The number of nitrogens with one attached hydrogen (secondary N) is 1. The maximum absolute atomic E-state index is 13.6. The second-order valence-corrected chi connectivity index (χ2v) is 7.17. The number of pyridine rings is 1. The molecule has 0 unspecified atom stereocenters. The SMILES string of the molecule is Cc1cc(C)n(-c2ccc(CNC(=O)c3cncc(Br)c3)c(C(F)(F)F)c2)n1. The third-order valence-electron chi connectivity index (χ3n) is 4.06. The van der Waals surface area contributed by atoms with Crippen molar-refractivity contribution in [1.29, 1.82) is 0 Å². The molecule has 1 aromatic carbocycles. The van der Waals surface area contributed by atoms with E-state index >= 15 is 0 Å². The Balaban J connectivity index is 1.88. The lowest BCUT2D eigenvalue weighted by molar-refractivity contribution is -0.138. The Labute approximate surface area is 167 Å². The number of nitrogens with zero attached hydrogens (tertiary/aromatic N) is 3. The van der Waals surface area contributed by atoms with Gasteiger partial charge in [0.25, 0.3) is 5.91 Å². The molecule has 5 nitrogen and oxygen atoms in total. The van der Waals surface area contributed by atoms with Gasteiger partial charge in [0.2, 0.25) is 0 Å². The predicted octanol–water partition coefficient (Wildman–Crippen LogP) is 4.60.